The molecule has 1 unspecified atom stereocenters. The molecule has 1 aliphatic carbocycles. The standard InChI is InChI=1S/C25H30N6O2/c1-16(18-11-24(32)28-12-18)33-23-10-19(15-31-25(23)21(14-29-31)17-2-3-17)22-5-4-20(13-27-22)30-8-6-26-7-9-30/h4-5,10,13-18,26H,2-3,6-9,11-12H2,1H3,(H,28,32)/t16-,18?/m1/s1. The molecule has 0 aromatic carbocycles. The highest BCUT2D eigenvalue weighted by Crippen LogP contribution is 2.44. The van der Waals surface area contributed by atoms with E-state index in [9.17, 15) is 4.79 Å². The molecule has 2 N–H and O–H groups in total. The van der Waals surface area contributed by atoms with Crippen LogP contribution in [0.5, 0.6) is 5.75 Å². The molecule has 0 bridgehead atoms. The van der Waals surface area contributed by atoms with E-state index in [1.165, 1.54) is 18.4 Å². The van der Waals surface area contributed by atoms with Gasteiger partial charge in [-0.25, -0.2) is 4.52 Å². The summed E-state index contributed by atoms with van der Waals surface area (Å²) in [6, 6.07) is 6.32. The van der Waals surface area contributed by atoms with Crippen molar-refractivity contribution in [3.05, 3.63) is 42.4 Å². The highest BCUT2D eigenvalue weighted by molar-refractivity contribution is 5.78. The van der Waals surface area contributed by atoms with Crippen molar-refractivity contribution in [1.29, 1.82) is 0 Å². The molecule has 2 saturated heterocycles. The third kappa shape index (κ3) is 4.04. The number of pyridine rings is 2. The van der Waals surface area contributed by atoms with Crippen molar-refractivity contribution in [1.82, 2.24) is 25.2 Å². The van der Waals surface area contributed by atoms with E-state index in [-0.39, 0.29) is 17.9 Å². The van der Waals surface area contributed by atoms with E-state index in [0.717, 1.165) is 54.4 Å². The van der Waals surface area contributed by atoms with Gasteiger partial charge in [-0.05, 0) is 43.9 Å². The lowest BCUT2D eigenvalue weighted by Crippen LogP contribution is -2.43. The molecule has 1 saturated carbocycles. The van der Waals surface area contributed by atoms with Gasteiger partial charge < -0.3 is 20.3 Å². The molecule has 8 nitrogen and oxygen atoms in total. The average Bonchev–Trinajstić information content (AvgIpc) is 3.45. The van der Waals surface area contributed by atoms with E-state index in [0.29, 0.717) is 18.9 Å². The van der Waals surface area contributed by atoms with Gasteiger partial charge in [0.25, 0.3) is 0 Å². The first kappa shape index (κ1) is 20.5. The van der Waals surface area contributed by atoms with Gasteiger partial charge in [0, 0.05) is 62.4 Å². The lowest BCUT2D eigenvalue weighted by Gasteiger charge is -2.29. The number of aromatic nitrogens is 3. The zero-order valence-corrected chi connectivity index (χ0v) is 19.0. The zero-order valence-electron chi connectivity index (χ0n) is 19.0. The van der Waals surface area contributed by atoms with Crippen LogP contribution in [0.4, 0.5) is 5.69 Å². The Morgan fingerprint density at radius 3 is 2.73 bits per heavy atom. The molecule has 6 rings (SSSR count). The Hall–Kier alpha value is -3.13. The second-order valence-corrected chi connectivity index (χ2v) is 9.49. The van der Waals surface area contributed by atoms with E-state index in [4.69, 9.17) is 9.72 Å². The summed E-state index contributed by atoms with van der Waals surface area (Å²) in [5, 5.41) is 11.0. The van der Waals surface area contributed by atoms with Crippen LogP contribution in [-0.2, 0) is 4.79 Å². The lowest BCUT2D eigenvalue weighted by molar-refractivity contribution is -0.119. The molecule has 8 heteroatoms. The molecule has 5 heterocycles. The first-order valence-corrected chi connectivity index (χ1v) is 12.0. The summed E-state index contributed by atoms with van der Waals surface area (Å²) < 4.78 is 8.46. The van der Waals surface area contributed by atoms with Gasteiger partial charge in [0.2, 0.25) is 5.91 Å². The number of carbonyl (C=O) groups is 1. The smallest absolute Gasteiger partial charge is 0.220 e. The van der Waals surface area contributed by atoms with Crippen molar-refractivity contribution in [3.8, 4) is 17.0 Å². The molecule has 3 aromatic rings. The maximum Gasteiger partial charge on any atom is 0.220 e. The van der Waals surface area contributed by atoms with Gasteiger partial charge in [-0.3, -0.25) is 9.78 Å². The summed E-state index contributed by atoms with van der Waals surface area (Å²) >= 11 is 0. The Bertz CT molecular complexity index is 1160. The van der Waals surface area contributed by atoms with Crippen molar-refractivity contribution in [2.45, 2.75) is 38.2 Å². The lowest BCUT2D eigenvalue weighted by atomic mass is 10.0. The number of hydrogen-bond donors (Lipinski definition) is 2. The molecule has 3 fully saturated rings. The van der Waals surface area contributed by atoms with Crippen molar-refractivity contribution >= 4 is 17.1 Å². The molecule has 2 aliphatic heterocycles. The van der Waals surface area contributed by atoms with Crippen LogP contribution < -0.4 is 20.3 Å². The van der Waals surface area contributed by atoms with E-state index >= 15 is 0 Å². The van der Waals surface area contributed by atoms with Gasteiger partial charge in [0.15, 0.2) is 0 Å². The fourth-order valence-electron chi connectivity index (χ4n) is 4.95. The number of rotatable bonds is 6. The van der Waals surface area contributed by atoms with Crippen LogP contribution in [-0.4, -0.2) is 59.3 Å². The van der Waals surface area contributed by atoms with Crippen LogP contribution in [0.15, 0.2) is 36.8 Å². The maximum atomic E-state index is 11.7. The fraction of sp³-hybridized carbons (Fsp3) is 0.480. The normalized spacial score (nSPS) is 21.9. The van der Waals surface area contributed by atoms with Crippen LogP contribution in [0.2, 0.25) is 0 Å². The first-order chi connectivity index (χ1) is 16.2. The Labute approximate surface area is 193 Å². The highest BCUT2D eigenvalue weighted by Gasteiger charge is 2.31. The van der Waals surface area contributed by atoms with Gasteiger partial charge in [-0.1, -0.05) is 0 Å². The topological polar surface area (TPSA) is 83.8 Å². The van der Waals surface area contributed by atoms with Gasteiger partial charge >= 0.3 is 0 Å². The van der Waals surface area contributed by atoms with Crippen LogP contribution in [0.3, 0.4) is 0 Å². The number of hydrogen-bond acceptors (Lipinski definition) is 6. The number of nitrogens with zero attached hydrogens (tertiary/aromatic N) is 4. The molecule has 1 amide bonds. The molecular weight excluding hydrogens is 416 g/mol. The van der Waals surface area contributed by atoms with E-state index < -0.39 is 0 Å². The minimum atomic E-state index is -0.0759. The number of ether oxygens (including phenoxy) is 1. The molecular formula is C25H30N6O2. The molecule has 3 aliphatic rings. The molecule has 2 atom stereocenters. The summed E-state index contributed by atoms with van der Waals surface area (Å²) in [4.78, 5) is 18.9. The molecule has 0 spiro atoms. The number of nitrogens with one attached hydrogen (secondary N) is 2. The van der Waals surface area contributed by atoms with Gasteiger partial charge in [0.05, 0.1) is 23.8 Å². The Balaban J connectivity index is 1.33. The highest BCUT2D eigenvalue weighted by atomic mass is 16.5. The van der Waals surface area contributed by atoms with Crippen molar-refractivity contribution < 1.29 is 9.53 Å². The predicted molar refractivity (Wildman–Crippen MR) is 127 cm³/mol. The maximum absolute atomic E-state index is 11.7. The third-order valence-electron chi connectivity index (χ3n) is 7.13. The van der Waals surface area contributed by atoms with Gasteiger partial charge in [-0.2, -0.15) is 5.10 Å². The van der Waals surface area contributed by atoms with E-state index in [1.807, 2.05) is 23.1 Å². The Morgan fingerprint density at radius 2 is 2.03 bits per heavy atom. The second-order valence-electron chi connectivity index (χ2n) is 9.49. The van der Waals surface area contributed by atoms with Crippen LogP contribution in [0.25, 0.3) is 16.8 Å². The number of fused-ring (bicyclic) bond motifs is 1. The summed E-state index contributed by atoms with van der Waals surface area (Å²) in [5.41, 5.74) is 5.33. The SMILES string of the molecule is C[C@@H](Oc1cc(-c2ccc(N3CCNCC3)cn2)cn2ncc(C3CC3)c12)C1CNC(=O)C1. The van der Waals surface area contributed by atoms with Crippen LogP contribution in [0, 0.1) is 5.92 Å². The van der Waals surface area contributed by atoms with Crippen LogP contribution >= 0.6 is 0 Å². The van der Waals surface area contributed by atoms with E-state index in [2.05, 4.69) is 45.8 Å². The minimum Gasteiger partial charge on any atom is -0.488 e. The Morgan fingerprint density at radius 1 is 1.18 bits per heavy atom. The average molecular weight is 447 g/mol. The summed E-state index contributed by atoms with van der Waals surface area (Å²) in [5.74, 6) is 1.67. The van der Waals surface area contributed by atoms with Gasteiger partial charge in [-0.15, -0.1) is 0 Å². The quantitative estimate of drug-likeness (QED) is 0.606. The van der Waals surface area contributed by atoms with Gasteiger partial charge in [0.1, 0.15) is 17.4 Å². The van der Waals surface area contributed by atoms with Crippen molar-refractivity contribution in [3.63, 3.8) is 0 Å². The van der Waals surface area contributed by atoms with Crippen LogP contribution in [0.1, 0.15) is 37.7 Å². The van der Waals surface area contributed by atoms with Crippen molar-refractivity contribution in [2.24, 2.45) is 5.92 Å². The number of piperazine rings is 1. The molecule has 3 aromatic heterocycles. The first-order valence-electron chi connectivity index (χ1n) is 12.0. The number of carbonyl (C=O) groups excluding carboxylic acids is 1. The molecule has 33 heavy (non-hydrogen) atoms. The van der Waals surface area contributed by atoms with Crippen molar-refractivity contribution in [2.75, 3.05) is 37.6 Å². The summed E-state index contributed by atoms with van der Waals surface area (Å²) in [6.07, 6.45) is 8.83. The van der Waals surface area contributed by atoms with E-state index in [1.54, 1.807) is 0 Å². The predicted octanol–water partition coefficient (Wildman–Crippen LogP) is 2.59. The zero-order chi connectivity index (χ0) is 22.4. The second kappa shape index (κ2) is 8.33. The molecule has 172 valence electrons. The minimum absolute atomic E-state index is 0.0759. The number of amides is 1. The largest absolute Gasteiger partial charge is 0.488 e. The third-order valence-corrected chi connectivity index (χ3v) is 7.13. The number of anilines is 1. The Kier molecular flexibility index (Phi) is 5.17. The monoisotopic (exact) mass is 446 g/mol. The summed E-state index contributed by atoms with van der Waals surface area (Å²) in [6.45, 7) is 6.73. The summed E-state index contributed by atoms with van der Waals surface area (Å²) in [7, 11) is 0. The fourth-order valence-corrected chi connectivity index (χ4v) is 4.95. The molecule has 0 radical (unpaired) electrons.